The van der Waals surface area contributed by atoms with Crippen molar-refractivity contribution in [2.24, 2.45) is 0 Å². The summed E-state index contributed by atoms with van der Waals surface area (Å²) in [7, 11) is 0. The minimum Gasteiger partial charge on any atom is -0.348 e. The van der Waals surface area contributed by atoms with Crippen molar-refractivity contribution < 1.29 is 9.59 Å². The predicted octanol–water partition coefficient (Wildman–Crippen LogP) is 4.01. The molecule has 160 valence electrons. The molecule has 1 aliphatic heterocycles. The Balaban J connectivity index is 1.51. The van der Waals surface area contributed by atoms with Crippen molar-refractivity contribution in [3.63, 3.8) is 0 Å². The van der Waals surface area contributed by atoms with Crippen LogP contribution in [-0.2, 0) is 19.5 Å². The second-order valence-electron chi connectivity index (χ2n) is 7.44. The number of carbonyl (C=O) groups is 2. The number of carbonyl (C=O) groups excluding carboxylic acids is 2. The number of hydrogen-bond donors (Lipinski definition) is 1. The number of nitrogens with one attached hydrogen (secondary N) is 1. The lowest BCUT2D eigenvalue weighted by Crippen LogP contribution is -2.37. The van der Waals surface area contributed by atoms with Crippen molar-refractivity contribution >= 4 is 34.9 Å². The van der Waals surface area contributed by atoms with Crippen molar-refractivity contribution in [3.05, 3.63) is 74.5 Å². The van der Waals surface area contributed by atoms with E-state index in [1.807, 2.05) is 60.8 Å². The summed E-state index contributed by atoms with van der Waals surface area (Å²) in [6.45, 7) is 5.42. The third-order valence-corrected chi connectivity index (χ3v) is 7.07. The minimum atomic E-state index is -0.0894. The average molecular weight is 453 g/mol. The number of fused-ring (bicyclic) bond motifs is 1. The first-order chi connectivity index (χ1) is 15.0. The summed E-state index contributed by atoms with van der Waals surface area (Å²) < 4.78 is 0. The van der Waals surface area contributed by atoms with E-state index in [1.54, 1.807) is 11.8 Å². The smallest absolute Gasteiger partial charge is 0.273 e. The van der Waals surface area contributed by atoms with Gasteiger partial charge in [0.25, 0.3) is 11.8 Å². The Labute approximate surface area is 190 Å². The van der Waals surface area contributed by atoms with Crippen LogP contribution in [0.4, 0.5) is 0 Å². The van der Waals surface area contributed by atoms with Crippen molar-refractivity contribution in [2.75, 3.05) is 12.8 Å². The van der Waals surface area contributed by atoms with E-state index in [0.29, 0.717) is 30.9 Å². The molecule has 0 bridgehead atoms. The van der Waals surface area contributed by atoms with E-state index in [1.165, 1.54) is 16.9 Å². The SMILES string of the molecule is CSc1ccccc1C(=O)NCc1c(C)ncc2c1CCN(C(=O)c1csc(C)n1)C2. The van der Waals surface area contributed by atoms with Crippen molar-refractivity contribution in [1.29, 1.82) is 0 Å². The first-order valence-corrected chi connectivity index (χ1v) is 12.2. The number of hydrogen-bond acceptors (Lipinski definition) is 6. The molecule has 0 aliphatic carbocycles. The molecule has 1 aromatic carbocycles. The normalized spacial score (nSPS) is 13.1. The molecule has 31 heavy (non-hydrogen) atoms. The summed E-state index contributed by atoms with van der Waals surface area (Å²) in [5, 5.41) is 5.76. The molecule has 6 nitrogen and oxygen atoms in total. The molecule has 3 heterocycles. The van der Waals surface area contributed by atoms with Gasteiger partial charge in [-0.25, -0.2) is 4.98 Å². The summed E-state index contributed by atoms with van der Waals surface area (Å²) >= 11 is 3.04. The number of amides is 2. The van der Waals surface area contributed by atoms with Crippen LogP contribution < -0.4 is 5.32 Å². The lowest BCUT2D eigenvalue weighted by Gasteiger charge is -2.30. The zero-order valence-electron chi connectivity index (χ0n) is 17.8. The van der Waals surface area contributed by atoms with Crippen LogP contribution >= 0.6 is 23.1 Å². The highest BCUT2D eigenvalue weighted by Gasteiger charge is 2.26. The zero-order chi connectivity index (χ0) is 22.0. The molecule has 0 saturated carbocycles. The molecule has 3 aromatic rings. The Bertz CT molecular complexity index is 1140. The van der Waals surface area contributed by atoms with Gasteiger partial charge in [0.05, 0.1) is 10.6 Å². The molecule has 0 spiro atoms. The van der Waals surface area contributed by atoms with Gasteiger partial charge < -0.3 is 10.2 Å². The van der Waals surface area contributed by atoms with Gasteiger partial charge >= 0.3 is 0 Å². The number of thiazole rings is 1. The fraction of sp³-hybridized carbons (Fsp3) is 0.304. The van der Waals surface area contributed by atoms with Crippen LogP contribution in [0.5, 0.6) is 0 Å². The Kier molecular flexibility index (Phi) is 6.38. The van der Waals surface area contributed by atoms with E-state index in [9.17, 15) is 9.59 Å². The van der Waals surface area contributed by atoms with Crippen molar-refractivity contribution in [1.82, 2.24) is 20.2 Å². The molecule has 2 amide bonds. The van der Waals surface area contributed by atoms with Gasteiger partial charge in [0.1, 0.15) is 5.69 Å². The molecule has 1 aliphatic rings. The largest absolute Gasteiger partial charge is 0.348 e. The Morgan fingerprint density at radius 1 is 1.26 bits per heavy atom. The van der Waals surface area contributed by atoms with Gasteiger partial charge in [-0.1, -0.05) is 12.1 Å². The summed E-state index contributed by atoms with van der Waals surface area (Å²) in [4.78, 5) is 37.2. The van der Waals surface area contributed by atoms with Crippen LogP contribution in [0.15, 0.2) is 40.7 Å². The average Bonchev–Trinajstić information content (AvgIpc) is 3.23. The van der Waals surface area contributed by atoms with Crippen LogP contribution in [-0.4, -0.2) is 39.5 Å². The molecule has 0 unspecified atom stereocenters. The third-order valence-electron chi connectivity index (χ3n) is 5.50. The molecule has 2 aromatic heterocycles. The maximum Gasteiger partial charge on any atom is 0.273 e. The van der Waals surface area contributed by atoms with E-state index in [4.69, 9.17) is 0 Å². The zero-order valence-corrected chi connectivity index (χ0v) is 19.4. The number of aromatic nitrogens is 2. The maximum absolute atomic E-state index is 12.8. The molecule has 8 heteroatoms. The quantitative estimate of drug-likeness (QED) is 0.592. The highest BCUT2D eigenvalue weighted by atomic mass is 32.2. The standard InChI is InChI=1S/C23H24N4O2S2/c1-14-19(11-25-22(28)18-6-4-5-7-21(18)30-3)17-8-9-27(12-16(17)10-24-14)23(29)20-13-31-15(2)26-20/h4-7,10,13H,8-9,11-12H2,1-3H3,(H,25,28). The fourth-order valence-corrected chi connectivity index (χ4v) is 5.03. The lowest BCUT2D eigenvalue weighted by molar-refractivity contribution is 0.0729. The minimum absolute atomic E-state index is 0.0425. The van der Waals surface area contributed by atoms with Gasteiger partial charge in [-0.15, -0.1) is 23.1 Å². The molecule has 1 N–H and O–H groups in total. The number of thioether (sulfide) groups is 1. The van der Waals surface area contributed by atoms with Gasteiger partial charge in [0.15, 0.2) is 0 Å². The van der Waals surface area contributed by atoms with Crippen LogP contribution in [0.2, 0.25) is 0 Å². The second kappa shape index (κ2) is 9.20. The number of benzene rings is 1. The molecular formula is C23H24N4O2S2. The van der Waals surface area contributed by atoms with Crippen LogP contribution in [0.1, 0.15) is 48.2 Å². The topological polar surface area (TPSA) is 75.2 Å². The Hall–Kier alpha value is -2.71. The molecule has 0 fully saturated rings. The third kappa shape index (κ3) is 4.50. The first-order valence-electron chi connectivity index (χ1n) is 10.1. The second-order valence-corrected chi connectivity index (χ2v) is 9.35. The first kappa shape index (κ1) is 21.5. The van der Waals surface area contributed by atoms with E-state index in [0.717, 1.165) is 33.1 Å². The van der Waals surface area contributed by atoms with Crippen molar-refractivity contribution in [2.45, 2.75) is 38.3 Å². The van der Waals surface area contributed by atoms with Gasteiger partial charge in [-0.2, -0.15) is 0 Å². The highest BCUT2D eigenvalue weighted by Crippen LogP contribution is 2.26. The number of nitrogens with zero attached hydrogens (tertiary/aromatic N) is 3. The van der Waals surface area contributed by atoms with E-state index in [-0.39, 0.29) is 11.8 Å². The van der Waals surface area contributed by atoms with Crippen LogP contribution in [0, 0.1) is 13.8 Å². The molecule has 0 radical (unpaired) electrons. The molecule has 0 atom stereocenters. The van der Waals surface area contributed by atoms with Gasteiger partial charge in [0, 0.05) is 41.8 Å². The van der Waals surface area contributed by atoms with E-state index >= 15 is 0 Å². The van der Waals surface area contributed by atoms with Gasteiger partial charge in [-0.3, -0.25) is 14.6 Å². The summed E-state index contributed by atoms with van der Waals surface area (Å²) in [5.41, 5.74) is 5.36. The van der Waals surface area contributed by atoms with E-state index < -0.39 is 0 Å². The highest BCUT2D eigenvalue weighted by molar-refractivity contribution is 7.98. The predicted molar refractivity (Wildman–Crippen MR) is 124 cm³/mol. The van der Waals surface area contributed by atoms with Crippen molar-refractivity contribution in [3.8, 4) is 0 Å². The fourth-order valence-electron chi connectivity index (χ4n) is 3.85. The lowest BCUT2D eigenvalue weighted by atomic mass is 9.94. The maximum atomic E-state index is 12.8. The Morgan fingerprint density at radius 2 is 2.06 bits per heavy atom. The molecule has 0 saturated heterocycles. The number of rotatable bonds is 5. The monoisotopic (exact) mass is 452 g/mol. The molecule has 4 rings (SSSR count). The Morgan fingerprint density at radius 3 is 2.81 bits per heavy atom. The number of pyridine rings is 1. The van der Waals surface area contributed by atoms with Gasteiger partial charge in [0.2, 0.25) is 0 Å². The van der Waals surface area contributed by atoms with E-state index in [2.05, 4.69) is 15.3 Å². The van der Waals surface area contributed by atoms with Crippen LogP contribution in [0.25, 0.3) is 0 Å². The molecular weight excluding hydrogens is 428 g/mol. The van der Waals surface area contributed by atoms with Gasteiger partial charge in [-0.05, 0) is 55.3 Å². The number of aryl methyl sites for hydroxylation is 2. The summed E-state index contributed by atoms with van der Waals surface area (Å²) in [6.07, 6.45) is 4.55. The van der Waals surface area contributed by atoms with Crippen LogP contribution in [0.3, 0.4) is 0 Å². The summed E-state index contributed by atoms with van der Waals surface area (Å²) in [6, 6.07) is 7.61. The summed E-state index contributed by atoms with van der Waals surface area (Å²) in [5.74, 6) is -0.132.